The van der Waals surface area contributed by atoms with Crippen LogP contribution >= 0.6 is 23.4 Å². The van der Waals surface area contributed by atoms with Gasteiger partial charge in [-0.2, -0.15) is 0 Å². The number of halogens is 1. The SMILES string of the molecule is CC(=O)c1ccc(NC(=O)C(C)SCCOc2cccc(Cl)c2)cc1. The van der Waals surface area contributed by atoms with Crippen molar-refractivity contribution < 1.29 is 14.3 Å². The highest BCUT2D eigenvalue weighted by molar-refractivity contribution is 8.00. The number of anilines is 1. The molecule has 1 atom stereocenters. The number of rotatable bonds is 8. The van der Waals surface area contributed by atoms with Gasteiger partial charge in [-0.25, -0.2) is 0 Å². The Morgan fingerprint density at radius 1 is 1.20 bits per heavy atom. The highest BCUT2D eigenvalue weighted by Gasteiger charge is 2.13. The van der Waals surface area contributed by atoms with Gasteiger partial charge in [0.2, 0.25) is 5.91 Å². The Bertz CT molecular complexity index is 734. The summed E-state index contributed by atoms with van der Waals surface area (Å²) in [6, 6.07) is 14.1. The van der Waals surface area contributed by atoms with E-state index in [0.29, 0.717) is 28.6 Å². The van der Waals surface area contributed by atoms with E-state index in [1.807, 2.05) is 19.1 Å². The van der Waals surface area contributed by atoms with Crippen molar-refractivity contribution in [3.8, 4) is 5.75 Å². The molecule has 0 fully saturated rings. The fourth-order valence-electron chi connectivity index (χ4n) is 2.05. The minimum Gasteiger partial charge on any atom is -0.493 e. The molecule has 0 heterocycles. The topological polar surface area (TPSA) is 55.4 Å². The lowest BCUT2D eigenvalue weighted by molar-refractivity contribution is -0.115. The number of carbonyl (C=O) groups is 2. The summed E-state index contributed by atoms with van der Waals surface area (Å²) in [6.07, 6.45) is 0. The monoisotopic (exact) mass is 377 g/mol. The summed E-state index contributed by atoms with van der Waals surface area (Å²) in [5.41, 5.74) is 1.30. The number of nitrogens with one attached hydrogen (secondary N) is 1. The molecule has 25 heavy (non-hydrogen) atoms. The Morgan fingerprint density at radius 2 is 1.92 bits per heavy atom. The average molecular weight is 378 g/mol. The molecule has 0 aliphatic rings. The normalized spacial score (nSPS) is 11.6. The third-order valence-corrected chi connectivity index (χ3v) is 4.80. The van der Waals surface area contributed by atoms with Crippen molar-refractivity contribution in [2.24, 2.45) is 0 Å². The van der Waals surface area contributed by atoms with Crippen LogP contribution in [0.3, 0.4) is 0 Å². The van der Waals surface area contributed by atoms with Crippen LogP contribution in [0.4, 0.5) is 5.69 Å². The minimum atomic E-state index is -0.213. The predicted octanol–water partition coefficient (Wildman–Crippen LogP) is 4.68. The summed E-state index contributed by atoms with van der Waals surface area (Å²) in [4.78, 5) is 23.4. The fraction of sp³-hybridized carbons (Fsp3) is 0.263. The Morgan fingerprint density at radius 3 is 2.56 bits per heavy atom. The van der Waals surface area contributed by atoms with E-state index < -0.39 is 0 Å². The lowest BCUT2D eigenvalue weighted by atomic mass is 10.1. The maximum atomic E-state index is 12.2. The van der Waals surface area contributed by atoms with Gasteiger partial charge < -0.3 is 10.1 Å². The van der Waals surface area contributed by atoms with Gasteiger partial charge in [0.1, 0.15) is 5.75 Å². The van der Waals surface area contributed by atoms with Crippen molar-refractivity contribution in [2.75, 3.05) is 17.7 Å². The predicted molar refractivity (Wildman–Crippen MR) is 104 cm³/mol. The molecule has 0 spiro atoms. The van der Waals surface area contributed by atoms with Gasteiger partial charge in [0, 0.05) is 22.0 Å². The van der Waals surface area contributed by atoms with E-state index in [1.165, 1.54) is 18.7 Å². The second-order valence-electron chi connectivity index (χ2n) is 5.44. The number of carbonyl (C=O) groups excluding carboxylic acids is 2. The zero-order valence-corrected chi connectivity index (χ0v) is 15.7. The summed E-state index contributed by atoms with van der Waals surface area (Å²) in [6.45, 7) is 3.86. The molecule has 0 aliphatic carbocycles. The van der Waals surface area contributed by atoms with Crippen LogP contribution in [-0.4, -0.2) is 29.3 Å². The van der Waals surface area contributed by atoms with Gasteiger partial charge in [-0.15, -0.1) is 11.8 Å². The average Bonchev–Trinajstić information content (AvgIpc) is 2.59. The van der Waals surface area contributed by atoms with Gasteiger partial charge in [-0.3, -0.25) is 9.59 Å². The second-order valence-corrected chi connectivity index (χ2v) is 7.33. The first kappa shape index (κ1) is 19.3. The van der Waals surface area contributed by atoms with Crippen LogP contribution in [0.2, 0.25) is 5.02 Å². The third-order valence-electron chi connectivity index (χ3n) is 3.44. The molecule has 0 bridgehead atoms. The van der Waals surface area contributed by atoms with Gasteiger partial charge >= 0.3 is 0 Å². The number of hydrogen-bond donors (Lipinski definition) is 1. The molecule has 1 N–H and O–H groups in total. The first-order chi connectivity index (χ1) is 12.0. The second kappa shape index (κ2) is 9.49. The molecule has 0 saturated heterocycles. The quantitative estimate of drug-likeness (QED) is 0.536. The summed E-state index contributed by atoms with van der Waals surface area (Å²) >= 11 is 7.41. The van der Waals surface area contributed by atoms with Crippen LogP contribution < -0.4 is 10.1 Å². The van der Waals surface area contributed by atoms with Crippen molar-refractivity contribution in [1.29, 1.82) is 0 Å². The zero-order valence-electron chi connectivity index (χ0n) is 14.1. The van der Waals surface area contributed by atoms with Crippen LogP contribution in [0, 0.1) is 0 Å². The Labute approximate surface area is 156 Å². The minimum absolute atomic E-state index is 0.00139. The van der Waals surface area contributed by atoms with E-state index in [4.69, 9.17) is 16.3 Å². The summed E-state index contributed by atoms with van der Waals surface area (Å²) in [5, 5.41) is 3.27. The molecule has 2 rings (SSSR count). The number of amides is 1. The van der Waals surface area contributed by atoms with Crippen LogP contribution in [0.1, 0.15) is 24.2 Å². The molecule has 132 valence electrons. The molecule has 2 aromatic carbocycles. The van der Waals surface area contributed by atoms with Crippen molar-refractivity contribution in [3.05, 3.63) is 59.1 Å². The zero-order chi connectivity index (χ0) is 18.2. The molecule has 6 heteroatoms. The lowest BCUT2D eigenvalue weighted by Crippen LogP contribution is -2.23. The summed E-state index contributed by atoms with van der Waals surface area (Å²) in [5.74, 6) is 1.32. The van der Waals surface area contributed by atoms with Crippen molar-refractivity contribution in [3.63, 3.8) is 0 Å². The van der Waals surface area contributed by atoms with Crippen LogP contribution in [0.5, 0.6) is 5.75 Å². The Kier molecular flexibility index (Phi) is 7.34. The maximum absolute atomic E-state index is 12.2. The number of benzene rings is 2. The smallest absolute Gasteiger partial charge is 0.237 e. The van der Waals surface area contributed by atoms with E-state index in [1.54, 1.807) is 36.4 Å². The van der Waals surface area contributed by atoms with E-state index >= 15 is 0 Å². The fourth-order valence-corrected chi connectivity index (χ4v) is 2.97. The number of Topliss-reactive ketones (excluding diaryl/α,β-unsaturated/α-hetero) is 1. The maximum Gasteiger partial charge on any atom is 0.237 e. The molecule has 0 aromatic heterocycles. The Hall–Kier alpha value is -1.98. The molecule has 0 saturated carbocycles. The summed E-state index contributed by atoms with van der Waals surface area (Å²) < 4.78 is 5.60. The lowest BCUT2D eigenvalue weighted by Gasteiger charge is -2.13. The molecular weight excluding hydrogens is 358 g/mol. The molecule has 0 radical (unpaired) electrons. The third kappa shape index (κ3) is 6.44. The van der Waals surface area contributed by atoms with E-state index in [0.717, 1.165) is 5.75 Å². The molecule has 1 unspecified atom stereocenters. The number of hydrogen-bond acceptors (Lipinski definition) is 4. The van der Waals surface area contributed by atoms with Crippen LogP contribution in [0.15, 0.2) is 48.5 Å². The molecule has 4 nitrogen and oxygen atoms in total. The first-order valence-corrected chi connectivity index (χ1v) is 9.30. The van der Waals surface area contributed by atoms with Crippen molar-refractivity contribution in [1.82, 2.24) is 0 Å². The van der Waals surface area contributed by atoms with Gasteiger partial charge in [0.15, 0.2) is 5.78 Å². The highest BCUT2D eigenvalue weighted by Crippen LogP contribution is 2.19. The van der Waals surface area contributed by atoms with E-state index in [9.17, 15) is 9.59 Å². The van der Waals surface area contributed by atoms with Gasteiger partial charge in [0.05, 0.1) is 11.9 Å². The molecular formula is C19H20ClNO3S. The largest absolute Gasteiger partial charge is 0.493 e. The molecule has 2 aromatic rings. The number of thioether (sulfide) groups is 1. The van der Waals surface area contributed by atoms with Crippen LogP contribution in [0.25, 0.3) is 0 Å². The van der Waals surface area contributed by atoms with Crippen molar-refractivity contribution >= 4 is 40.7 Å². The van der Waals surface area contributed by atoms with Gasteiger partial charge in [-0.05, 0) is 56.3 Å². The standard InChI is InChI=1S/C19H20ClNO3S/c1-13(22)15-6-8-17(9-7-15)21-19(23)14(2)25-11-10-24-18-5-3-4-16(20)12-18/h3-9,12,14H,10-11H2,1-2H3,(H,21,23). The van der Waals surface area contributed by atoms with Gasteiger partial charge in [-0.1, -0.05) is 17.7 Å². The van der Waals surface area contributed by atoms with Crippen molar-refractivity contribution in [2.45, 2.75) is 19.1 Å². The highest BCUT2D eigenvalue weighted by atomic mass is 35.5. The number of ether oxygens (including phenoxy) is 1. The summed E-state index contributed by atoms with van der Waals surface area (Å²) in [7, 11) is 0. The number of ketones is 1. The van der Waals surface area contributed by atoms with Crippen LogP contribution in [-0.2, 0) is 4.79 Å². The molecule has 0 aliphatic heterocycles. The Balaban J connectivity index is 1.73. The van der Waals surface area contributed by atoms with E-state index in [2.05, 4.69) is 5.32 Å². The first-order valence-electron chi connectivity index (χ1n) is 7.87. The van der Waals surface area contributed by atoms with E-state index in [-0.39, 0.29) is 16.9 Å². The van der Waals surface area contributed by atoms with Gasteiger partial charge in [0.25, 0.3) is 0 Å². The molecule has 1 amide bonds.